The van der Waals surface area contributed by atoms with E-state index in [-0.39, 0.29) is 5.82 Å². The van der Waals surface area contributed by atoms with Crippen LogP contribution in [0, 0.1) is 17.7 Å². The number of H-pyrrole nitrogens is 1. The first-order valence-corrected chi connectivity index (χ1v) is 8.74. The Bertz CT molecular complexity index is 675. The molecule has 1 aliphatic rings. The summed E-state index contributed by atoms with van der Waals surface area (Å²) in [5.74, 6) is 1.17. The van der Waals surface area contributed by atoms with Gasteiger partial charge in [-0.15, -0.1) is 6.58 Å². The van der Waals surface area contributed by atoms with Crippen molar-refractivity contribution in [3.8, 4) is 0 Å². The number of aromatic amines is 1. The molecule has 1 N–H and O–H groups in total. The first-order chi connectivity index (χ1) is 11.1. The minimum absolute atomic E-state index is 0.185. The molecule has 3 heteroatoms. The van der Waals surface area contributed by atoms with Crippen LogP contribution in [0.25, 0.3) is 10.9 Å². The Hall–Kier alpha value is -1.61. The Morgan fingerprint density at radius 1 is 1.43 bits per heavy atom. The average Bonchev–Trinajstić information content (AvgIpc) is 2.96. The second-order valence-electron chi connectivity index (χ2n) is 6.89. The third-order valence-electron chi connectivity index (χ3n) is 5.59. The monoisotopic (exact) mass is 314 g/mol. The zero-order valence-corrected chi connectivity index (χ0v) is 14.2. The third-order valence-corrected chi connectivity index (χ3v) is 5.59. The van der Waals surface area contributed by atoms with Gasteiger partial charge in [-0.05, 0) is 55.4 Å². The number of nitrogens with one attached hydrogen (secondary N) is 1. The normalized spacial score (nSPS) is 25.8. The summed E-state index contributed by atoms with van der Waals surface area (Å²) in [6.07, 6.45) is 7.64. The molecule has 0 spiro atoms. The van der Waals surface area contributed by atoms with Gasteiger partial charge in [-0.3, -0.25) is 4.90 Å². The number of likely N-dealkylation sites (tertiary alicyclic amines) is 1. The molecule has 1 fully saturated rings. The smallest absolute Gasteiger partial charge is 0.125 e. The van der Waals surface area contributed by atoms with E-state index in [1.807, 2.05) is 12.3 Å². The lowest BCUT2D eigenvalue weighted by Crippen LogP contribution is -2.47. The highest BCUT2D eigenvalue weighted by atomic mass is 19.1. The molecule has 0 amide bonds. The van der Waals surface area contributed by atoms with Gasteiger partial charge in [0.15, 0.2) is 0 Å². The largest absolute Gasteiger partial charge is 0.361 e. The molecule has 0 bridgehead atoms. The number of benzene rings is 1. The molecule has 3 atom stereocenters. The summed E-state index contributed by atoms with van der Waals surface area (Å²) in [4.78, 5) is 5.80. The SMILES string of the molecule is C=CC1CC(CC)C(C)N(CCc2c[nH]c3cc(F)ccc23)C1. The Balaban J connectivity index is 1.71. The van der Waals surface area contributed by atoms with Crippen LogP contribution >= 0.6 is 0 Å². The van der Waals surface area contributed by atoms with Crippen LogP contribution in [0.1, 0.15) is 32.3 Å². The minimum atomic E-state index is -0.185. The predicted molar refractivity (Wildman–Crippen MR) is 95.1 cm³/mol. The van der Waals surface area contributed by atoms with Gasteiger partial charge in [0, 0.05) is 36.2 Å². The highest BCUT2D eigenvalue weighted by Gasteiger charge is 2.30. The molecular formula is C20H27FN2. The van der Waals surface area contributed by atoms with Crippen LogP contribution in [0.3, 0.4) is 0 Å². The minimum Gasteiger partial charge on any atom is -0.361 e. The van der Waals surface area contributed by atoms with E-state index in [2.05, 4.69) is 36.4 Å². The summed E-state index contributed by atoms with van der Waals surface area (Å²) in [6, 6.07) is 5.63. The first kappa shape index (κ1) is 16.3. The molecule has 1 aliphatic heterocycles. The van der Waals surface area contributed by atoms with Crippen LogP contribution in [-0.2, 0) is 6.42 Å². The summed E-state index contributed by atoms with van der Waals surface area (Å²) >= 11 is 0. The van der Waals surface area contributed by atoms with Gasteiger partial charge in [0.1, 0.15) is 5.82 Å². The van der Waals surface area contributed by atoms with Gasteiger partial charge < -0.3 is 4.98 Å². The summed E-state index contributed by atoms with van der Waals surface area (Å²) in [7, 11) is 0. The van der Waals surface area contributed by atoms with E-state index < -0.39 is 0 Å². The predicted octanol–water partition coefficient (Wildman–Crippen LogP) is 4.77. The van der Waals surface area contributed by atoms with Crippen molar-refractivity contribution in [2.24, 2.45) is 11.8 Å². The molecule has 3 unspecified atom stereocenters. The number of fused-ring (bicyclic) bond motifs is 1. The van der Waals surface area contributed by atoms with Crippen LogP contribution in [0.15, 0.2) is 37.1 Å². The van der Waals surface area contributed by atoms with Gasteiger partial charge in [0.05, 0.1) is 0 Å². The molecule has 1 aromatic heterocycles. The standard InChI is InChI=1S/C20H27FN2/c1-4-15-10-16(5-2)14(3)23(13-15)9-8-17-12-22-20-11-18(21)6-7-19(17)20/h4,6-7,11-12,14-16,22H,1,5,8-10,13H2,2-3H3. The molecular weight excluding hydrogens is 287 g/mol. The van der Waals surface area contributed by atoms with Gasteiger partial charge in [-0.25, -0.2) is 4.39 Å². The Labute approximate surface area is 138 Å². The van der Waals surface area contributed by atoms with Gasteiger partial charge in [-0.1, -0.05) is 19.4 Å². The second kappa shape index (κ2) is 6.88. The van der Waals surface area contributed by atoms with Crippen LogP contribution < -0.4 is 0 Å². The fraction of sp³-hybridized carbons (Fsp3) is 0.500. The van der Waals surface area contributed by atoms with Crippen molar-refractivity contribution in [3.63, 3.8) is 0 Å². The number of hydrogen-bond donors (Lipinski definition) is 1. The van der Waals surface area contributed by atoms with E-state index in [0.29, 0.717) is 12.0 Å². The summed E-state index contributed by atoms with van der Waals surface area (Å²) in [5, 5.41) is 1.14. The number of aromatic nitrogens is 1. The maximum Gasteiger partial charge on any atom is 0.125 e. The molecule has 1 saturated heterocycles. The molecule has 2 heterocycles. The van der Waals surface area contributed by atoms with Crippen LogP contribution in [-0.4, -0.2) is 29.0 Å². The topological polar surface area (TPSA) is 19.0 Å². The molecule has 0 radical (unpaired) electrons. The molecule has 2 aromatic rings. The average molecular weight is 314 g/mol. The number of piperidine rings is 1. The van der Waals surface area contributed by atoms with Crippen molar-refractivity contribution >= 4 is 10.9 Å². The molecule has 0 aliphatic carbocycles. The van der Waals surface area contributed by atoms with Crippen molar-refractivity contribution in [2.75, 3.05) is 13.1 Å². The van der Waals surface area contributed by atoms with E-state index in [9.17, 15) is 4.39 Å². The summed E-state index contributed by atoms with van der Waals surface area (Å²) in [6.45, 7) is 10.8. The quantitative estimate of drug-likeness (QED) is 0.788. The number of halogens is 1. The Morgan fingerprint density at radius 3 is 3.00 bits per heavy atom. The van der Waals surface area contributed by atoms with Gasteiger partial charge >= 0.3 is 0 Å². The zero-order chi connectivity index (χ0) is 16.4. The lowest BCUT2D eigenvalue weighted by molar-refractivity contribution is 0.0797. The summed E-state index contributed by atoms with van der Waals surface area (Å²) < 4.78 is 13.3. The molecule has 124 valence electrons. The highest BCUT2D eigenvalue weighted by Crippen LogP contribution is 2.30. The number of hydrogen-bond acceptors (Lipinski definition) is 1. The Morgan fingerprint density at radius 2 is 2.26 bits per heavy atom. The maximum atomic E-state index is 13.3. The first-order valence-electron chi connectivity index (χ1n) is 8.74. The third kappa shape index (κ3) is 3.35. The Kier molecular flexibility index (Phi) is 4.86. The molecule has 23 heavy (non-hydrogen) atoms. The summed E-state index contributed by atoms with van der Waals surface area (Å²) in [5.41, 5.74) is 2.17. The van der Waals surface area contributed by atoms with Crippen molar-refractivity contribution in [1.82, 2.24) is 9.88 Å². The van der Waals surface area contributed by atoms with Crippen molar-refractivity contribution in [1.29, 1.82) is 0 Å². The molecule has 3 rings (SSSR count). The van der Waals surface area contributed by atoms with E-state index in [0.717, 1.165) is 36.3 Å². The second-order valence-corrected chi connectivity index (χ2v) is 6.89. The lowest BCUT2D eigenvalue weighted by Gasteiger charge is -2.42. The van der Waals surface area contributed by atoms with E-state index in [1.54, 1.807) is 12.1 Å². The molecule has 0 saturated carbocycles. The molecule has 1 aromatic carbocycles. The lowest BCUT2D eigenvalue weighted by atomic mass is 9.82. The van der Waals surface area contributed by atoms with Crippen molar-refractivity contribution in [3.05, 3.63) is 48.4 Å². The van der Waals surface area contributed by atoms with Gasteiger partial charge in [0.2, 0.25) is 0 Å². The van der Waals surface area contributed by atoms with E-state index >= 15 is 0 Å². The van der Waals surface area contributed by atoms with Crippen LogP contribution in [0.2, 0.25) is 0 Å². The maximum absolute atomic E-state index is 13.3. The van der Waals surface area contributed by atoms with Crippen molar-refractivity contribution in [2.45, 2.75) is 39.2 Å². The fourth-order valence-corrected chi connectivity index (χ4v) is 4.03. The van der Waals surface area contributed by atoms with E-state index in [4.69, 9.17) is 0 Å². The van der Waals surface area contributed by atoms with Gasteiger partial charge in [-0.2, -0.15) is 0 Å². The van der Waals surface area contributed by atoms with Crippen LogP contribution in [0.4, 0.5) is 4.39 Å². The van der Waals surface area contributed by atoms with E-state index in [1.165, 1.54) is 18.4 Å². The zero-order valence-electron chi connectivity index (χ0n) is 14.2. The number of rotatable bonds is 5. The molecule has 2 nitrogen and oxygen atoms in total. The highest BCUT2D eigenvalue weighted by molar-refractivity contribution is 5.83. The number of nitrogens with zero attached hydrogens (tertiary/aromatic N) is 1. The van der Waals surface area contributed by atoms with Crippen molar-refractivity contribution < 1.29 is 4.39 Å². The van der Waals surface area contributed by atoms with Crippen LogP contribution in [0.5, 0.6) is 0 Å². The van der Waals surface area contributed by atoms with Gasteiger partial charge in [0.25, 0.3) is 0 Å². The fourth-order valence-electron chi connectivity index (χ4n) is 4.03.